The summed E-state index contributed by atoms with van der Waals surface area (Å²) in [7, 11) is 0. The van der Waals surface area contributed by atoms with Gasteiger partial charge in [0.1, 0.15) is 11.9 Å². The third-order valence-corrected chi connectivity index (χ3v) is 4.32. The molecule has 112 valence electrons. The smallest absolute Gasteiger partial charge is 0.307 e. The van der Waals surface area contributed by atoms with Crippen molar-refractivity contribution >= 4 is 23.5 Å². The van der Waals surface area contributed by atoms with E-state index in [4.69, 9.17) is 21.4 Å². The number of benzene rings is 1. The van der Waals surface area contributed by atoms with Crippen molar-refractivity contribution in [2.75, 3.05) is 13.1 Å². The number of hydrogen-bond acceptors (Lipinski definition) is 3. The Labute approximate surface area is 127 Å². The minimum atomic E-state index is -0.878. The standard InChI is InChI=1S/C15H16ClNO4/c16-12-3-1-2-4-13(12)21-9-5-6-17(8-9)14(18)10-7-11(10)15(19)20/h1-4,9-11H,5-8H2,(H,19,20). The van der Waals surface area contributed by atoms with Gasteiger partial charge in [0.2, 0.25) is 5.91 Å². The van der Waals surface area contributed by atoms with Crippen molar-refractivity contribution in [1.29, 1.82) is 0 Å². The maximum atomic E-state index is 12.2. The van der Waals surface area contributed by atoms with Gasteiger partial charge in [0.05, 0.1) is 23.4 Å². The summed E-state index contributed by atoms with van der Waals surface area (Å²) in [6.45, 7) is 1.10. The van der Waals surface area contributed by atoms with Crippen molar-refractivity contribution in [3.63, 3.8) is 0 Å². The first-order valence-electron chi connectivity index (χ1n) is 6.99. The molecule has 1 amide bonds. The monoisotopic (exact) mass is 309 g/mol. The summed E-state index contributed by atoms with van der Waals surface area (Å²) in [5.74, 6) is -1.17. The van der Waals surface area contributed by atoms with Crippen LogP contribution in [0.3, 0.4) is 0 Å². The zero-order chi connectivity index (χ0) is 15.0. The average molecular weight is 310 g/mol. The van der Waals surface area contributed by atoms with Gasteiger partial charge < -0.3 is 14.7 Å². The normalized spacial score (nSPS) is 27.5. The number of nitrogens with zero attached hydrogens (tertiary/aromatic N) is 1. The molecule has 3 rings (SSSR count). The van der Waals surface area contributed by atoms with E-state index < -0.39 is 11.9 Å². The van der Waals surface area contributed by atoms with E-state index in [1.165, 1.54) is 0 Å². The lowest BCUT2D eigenvalue weighted by atomic mass is 10.3. The molecule has 1 heterocycles. The molecule has 1 aromatic rings. The Balaban J connectivity index is 1.55. The predicted molar refractivity (Wildman–Crippen MR) is 76.3 cm³/mol. The lowest BCUT2D eigenvalue weighted by Crippen LogP contribution is -2.32. The van der Waals surface area contributed by atoms with E-state index in [9.17, 15) is 9.59 Å². The number of aliphatic carboxylic acids is 1. The van der Waals surface area contributed by atoms with Gasteiger partial charge in [-0.05, 0) is 18.6 Å². The van der Waals surface area contributed by atoms with Crippen LogP contribution in [0, 0.1) is 11.8 Å². The van der Waals surface area contributed by atoms with Crippen LogP contribution in [0.1, 0.15) is 12.8 Å². The molecule has 1 aliphatic carbocycles. The van der Waals surface area contributed by atoms with Gasteiger partial charge in [-0.15, -0.1) is 0 Å². The van der Waals surface area contributed by atoms with Gasteiger partial charge in [0.25, 0.3) is 0 Å². The Morgan fingerprint density at radius 2 is 2.05 bits per heavy atom. The summed E-state index contributed by atoms with van der Waals surface area (Å²) in [5.41, 5.74) is 0. The molecule has 3 unspecified atom stereocenters. The van der Waals surface area contributed by atoms with Gasteiger partial charge in [-0.2, -0.15) is 0 Å². The van der Waals surface area contributed by atoms with Crippen molar-refractivity contribution < 1.29 is 19.4 Å². The number of likely N-dealkylation sites (tertiary alicyclic amines) is 1. The van der Waals surface area contributed by atoms with E-state index >= 15 is 0 Å². The summed E-state index contributed by atoms with van der Waals surface area (Å²) in [5, 5.41) is 9.43. The molecule has 0 aromatic heterocycles. The third-order valence-electron chi connectivity index (χ3n) is 4.01. The van der Waals surface area contributed by atoms with Crippen LogP contribution >= 0.6 is 11.6 Å². The molecule has 2 aliphatic rings. The van der Waals surface area contributed by atoms with E-state index in [1.54, 1.807) is 17.0 Å². The molecule has 1 aromatic carbocycles. The first kappa shape index (κ1) is 14.2. The first-order chi connectivity index (χ1) is 10.1. The molecule has 1 N–H and O–H groups in total. The van der Waals surface area contributed by atoms with Crippen LogP contribution in [-0.2, 0) is 9.59 Å². The molecule has 6 heteroatoms. The largest absolute Gasteiger partial charge is 0.487 e. The van der Waals surface area contributed by atoms with E-state index in [0.29, 0.717) is 30.3 Å². The van der Waals surface area contributed by atoms with Gasteiger partial charge in [-0.1, -0.05) is 23.7 Å². The molecule has 2 fully saturated rings. The second-order valence-corrected chi connectivity index (χ2v) is 5.94. The number of ether oxygens (including phenoxy) is 1. The Morgan fingerprint density at radius 3 is 2.71 bits per heavy atom. The summed E-state index contributed by atoms with van der Waals surface area (Å²) >= 11 is 6.05. The summed E-state index contributed by atoms with van der Waals surface area (Å²) in [6, 6.07) is 7.24. The fraction of sp³-hybridized carbons (Fsp3) is 0.467. The van der Waals surface area contributed by atoms with Crippen molar-refractivity contribution in [3.05, 3.63) is 29.3 Å². The molecule has 3 atom stereocenters. The SMILES string of the molecule is O=C(O)C1CC1C(=O)N1CCC(Oc2ccccc2Cl)C1. The maximum Gasteiger partial charge on any atom is 0.307 e. The number of amides is 1. The van der Waals surface area contributed by atoms with Crippen LogP contribution in [-0.4, -0.2) is 41.1 Å². The quantitative estimate of drug-likeness (QED) is 0.924. The van der Waals surface area contributed by atoms with E-state index in [1.807, 2.05) is 12.1 Å². The molecule has 1 saturated heterocycles. The van der Waals surface area contributed by atoms with Crippen molar-refractivity contribution in [2.24, 2.45) is 11.8 Å². The number of halogens is 1. The summed E-state index contributed by atoms with van der Waals surface area (Å²) in [4.78, 5) is 24.7. The molecular weight excluding hydrogens is 294 g/mol. The highest BCUT2D eigenvalue weighted by Crippen LogP contribution is 2.40. The lowest BCUT2D eigenvalue weighted by molar-refractivity contribution is -0.141. The molecule has 0 spiro atoms. The van der Waals surface area contributed by atoms with Crippen LogP contribution in [0.15, 0.2) is 24.3 Å². The van der Waals surface area contributed by atoms with Crippen molar-refractivity contribution in [2.45, 2.75) is 18.9 Å². The van der Waals surface area contributed by atoms with Crippen LogP contribution in [0.5, 0.6) is 5.75 Å². The fourth-order valence-electron chi connectivity index (χ4n) is 2.72. The van der Waals surface area contributed by atoms with Gasteiger partial charge in [-0.25, -0.2) is 0 Å². The topological polar surface area (TPSA) is 66.8 Å². The van der Waals surface area contributed by atoms with Gasteiger partial charge in [-0.3, -0.25) is 9.59 Å². The minimum absolute atomic E-state index is 0.0624. The summed E-state index contributed by atoms with van der Waals surface area (Å²) < 4.78 is 5.82. The predicted octanol–water partition coefficient (Wildman–Crippen LogP) is 2.04. The third kappa shape index (κ3) is 2.97. The van der Waals surface area contributed by atoms with Crippen molar-refractivity contribution in [3.8, 4) is 5.75 Å². The lowest BCUT2D eigenvalue weighted by Gasteiger charge is -2.17. The van der Waals surface area contributed by atoms with E-state index in [2.05, 4.69) is 0 Å². The molecule has 21 heavy (non-hydrogen) atoms. The molecule has 1 aliphatic heterocycles. The molecule has 0 radical (unpaired) electrons. The summed E-state index contributed by atoms with van der Waals surface area (Å²) in [6.07, 6.45) is 1.11. The number of carboxylic acid groups (broad SMARTS) is 1. The van der Waals surface area contributed by atoms with Gasteiger partial charge in [0, 0.05) is 13.0 Å². The number of carbonyl (C=O) groups excluding carboxylic acids is 1. The molecule has 1 saturated carbocycles. The number of para-hydroxylation sites is 1. The Kier molecular flexibility index (Phi) is 3.76. The molecular formula is C15H16ClNO4. The maximum absolute atomic E-state index is 12.2. The van der Waals surface area contributed by atoms with E-state index in [0.717, 1.165) is 6.42 Å². The first-order valence-corrected chi connectivity index (χ1v) is 7.37. The van der Waals surface area contributed by atoms with Crippen LogP contribution in [0.2, 0.25) is 5.02 Å². The fourth-order valence-corrected chi connectivity index (χ4v) is 2.90. The Bertz CT molecular complexity index is 577. The van der Waals surface area contributed by atoms with Crippen LogP contribution in [0.4, 0.5) is 0 Å². The van der Waals surface area contributed by atoms with E-state index in [-0.39, 0.29) is 17.9 Å². The highest BCUT2D eigenvalue weighted by molar-refractivity contribution is 6.32. The van der Waals surface area contributed by atoms with Gasteiger partial charge in [0.15, 0.2) is 0 Å². The highest BCUT2D eigenvalue weighted by atomic mass is 35.5. The molecule has 0 bridgehead atoms. The highest BCUT2D eigenvalue weighted by Gasteiger charge is 2.50. The van der Waals surface area contributed by atoms with Crippen molar-refractivity contribution in [1.82, 2.24) is 4.90 Å². The second kappa shape index (κ2) is 5.56. The van der Waals surface area contributed by atoms with Crippen LogP contribution in [0.25, 0.3) is 0 Å². The second-order valence-electron chi connectivity index (χ2n) is 5.53. The minimum Gasteiger partial charge on any atom is -0.487 e. The van der Waals surface area contributed by atoms with Crippen LogP contribution < -0.4 is 4.74 Å². The number of carboxylic acids is 1. The zero-order valence-electron chi connectivity index (χ0n) is 11.4. The Hall–Kier alpha value is -1.75. The number of carbonyl (C=O) groups is 2. The average Bonchev–Trinajstić information content (AvgIpc) is 3.14. The zero-order valence-corrected chi connectivity index (χ0v) is 12.1. The molecule has 5 nitrogen and oxygen atoms in total. The van der Waals surface area contributed by atoms with Gasteiger partial charge >= 0.3 is 5.97 Å². The number of hydrogen-bond donors (Lipinski definition) is 1. The number of rotatable bonds is 4. The Morgan fingerprint density at radius 1 is 1.29 bits per heavy atom.